The molecule has 9 heteroatoms. The van der Waals surface area contributed by atoms with E-state index < -0.39 is 0 Å². The third-order valence-corrected chi connectivity index (χ3v) is 19.7. The number of fused-ring (bicyclic) bond motifs is 11. The lowest BCUT2D eigenvalue weighted by molar-refractivity contribution is 0.487. The number of hydrogen-bond donors (Lipinski definition) is 0. The zero-order chi connectivity index (χ0) is 57.1. The van der Waals surface area contributed by atoms with Crippen LogP contribution in [-0.2, 0) is 0 Å². The summed E-state index contributed by atoms with van der Waals surface area (Å²) in [7, 11) is 0. The number of rotatable bonds is 9. The van der Waals surface area contributed by atoms with Gasteiger partial charge in [0.2, 0.25) is 6.71 Å². The molecule has 2 atom stereocenters. The van der Waals surface area contributed by atoms with Gasteiger partial charge in [-0.3, -0.25) is 0 Å². The monoisotopic (exact) mass is 1130 g/mol. The third kappa shape index (κ3) is 7.79. The van der Waals surface area contributed by atoms with Crippen molar-refractivity contribution in [2.75, 3.05) is 19.6 Å². The summed E-state index contributed by atoms with van der Waals surface area (Å²) in [6.07, 6.45) is 5.40. The highest BCUT2D eigenvalue weighted by atomic mass is 32.2. The number of aromatic nitrogens is 1. The Bertz CT molecular complexity index is 4850. The molecule has 87 heavy (non-hydrogen) atoms. The minimum absolute atomic E-state index is 0.0219. The molecule has 408 valence electrons. The Kier molecular flexibility index (Phi) is 11.5. The second-order valence-corrected chi connectivity index (χ2v) is 24.3. The number of para-hydroxylation sites is 10. The van der Waals surface area contributed by atoms with Crippen LogP contribution in [-0.4, -0.2) is 23.2 Å². The Morgan fingerprint density at radius 3 is 1.55 bits per heavy atom. The average molecular weight is 1130 g/mol. The summed E-state index contributed by atoms with van der Waals surface area (Å²) in [5, 5.41) is 2.43. The summed E-state index contributed by atoms with van der Waals surface area (Å²) in [6.45, 7) is -0.114. The lowest BCUT2D eigenvalue weighted by Crippen LogP contribution is -2.59. The molecule has 4 aliphatic heterocycles. The topological polar surface area (TPSA) is 27.1 Å². The molecule has 18 rings (SSSR count). The summed E-state index contributed by atoms with van der Waals surface area (Å²) >= 11 is 2.02. The minimum Gasteiger partial charge on any atom is -0.458 e. The number of ether oxygens (including phenoxy) is 1. The highest BCUT2D eigenvalue weighted by Crippen LogP contribution is 2.56. The third-order valence-electron chi connectivity index (χ3n) is 18.3. The molecular formula is C78H53B2N5OS. The Balaban J connectivity index is 0.932. The van der Waals surface area contributed by atoms with Crippen LogP contribution in [0.15, 0.2) is 325 Å². The molecular weight excluding hydrogens is 1080 g/mol. The van der Waals surface area contributed by atoms with Crippen molar-refractivity contribution in [3.05, 3.63) is 321 Å². The fourth-order valence-corrected chi connectivity index (χ4v) is 16.3. The Hall–Kier alpha value is -10.6. The molecule has 0 fully saturated rings. The van der Waals surface area contributed by atoms with Crippen molar-refractivity contribution in [3.8, 4) is 17.2 Å². The first-order valence-corrected chi connectivity index (χ1v) is 30.9. The molecule has 0 saturated heterocycles. The normalized spacial score (nSPS) is 15.7. The second kappa shape index (κ2) is 20.0. The molecule has 0 amide bonds. The summed E-state index contributed by atoms with van der Waals surface area (Å²) in [5.41, 5.74) is 23.1. The van der Waals surface area contributed by atoms with Crippen molar-refractivity contribution < 1.29 is 4.74 Å². The lowest BCUT2D eigenvalue weighted by Gasteiger charge is -2.49. The molecule has 5 heterocycles. The maximum absolute atomic E-state index is 7.38. The average Bonchev–Trinajstić information content (AvgIpc) is 1.18. The van der Waals surface area contributed by atoms with Gasteiger partial charge in [0.05, 0.1) is 22.4 Å². The van der Waals surface area contributed by atoms with Crippen LogP contribution in [0.25, 0.3) is 27.5 Å². The number of benzene rings is 12. The Labute approximate surface area is 510 Å². The van der Waals surface area contributed by atoms with Gasteiger partial charge in [-0.2, -0.15) is 0 Å². The first-order chi connectivity index (χ1) is 43.2. The van der Waals surface area contributed by atoms with Crippen LogP contribution < -0.4 is 46.2 Å². The Morgan fingerprint density at radius 1 is 0.379 bits per heavy atom. The van der Waals surface area contributed by atoms with Crippen LogP contribution in [0.5, 0.6) is 11.5 Å². The van der Waals surface area contributed by atoms with Crippen LogP contribution in [0.2, 0.25) is 5.82 Å². The predicted molar refractivity (Wildman–Crippen MR) is 366 cm³/mol. The van der Waals surface area contributed by atoms with Gasteiger partial charge in [-0.05, 0) is 154 Å². The maximum Gasteiger partial charge on any atom is 0.255 e. The molecule has 0 spiro atoms. The molecule has 0 saturated carbocycles. The molecule has 13 aromatic rings. The van der Waals surface area contributed by atoms with Gasteiger partial charge in [0.1, 0.15) is 11.5 Å². The first-order valence-electron chi connectivity index (χ1n) is 30.1. The number of anilines is 11. The van der Waals surface area contributed by atoms with Gasteiger partial charge >= 0.3 is 0 Å². The van der Waals surface area contributed by atoms with E-state index in [9.17, 15) is 0 Å². The van der Waals surface area contributed by atoms with Gasteiger partial charge in [0.25, 0.3) is 6.71 Å². The zero-order valence-corrected chi connectivity index (χ0v) is 48.1. The number of hydrogen-bond acceptors (Lipinski definition) is 6. The van der Waals surface area contributed by atoms with E-state index in [0.717, 1.165) is 84.9 Å². The predicted octanol–water partition coefficient (Wildman–Crippen LogP) is 17.9. The van der Waals surface area contributed by atoms with E-state index >= 15 is 0 Å². The van der Waals surface area contributed by atoms with E-state index in [2.05, 4.69) is 334 Å². The fourth-order valence-electron chi connectivity index (χ4n) is 14.9. The molecule has 0 bridgehead atoms. The minimum atomic E-state index is -0.142. The molecule has 0 radical (unpaired) electrons. The number of nitrogens with zero attached hydrogens (tertiary/aromatic N) is 5. The second-order valence-electron chi connectivity index (χ2n) is 23.1. The largest absolute Gasteiger partial charge is 0.458 e. The highest BCUT2D eigenvalue weighted by Gasteiger charge is 2.52. The summed E-state index contributed by atoms with van der Waals surface area (Å²) < 4.78 is 9.86. The molecule has 2 unspecified atom stereocenters. The maximum atomic E-state index is 7.38. The van der Waals surface area contributed by atoms with Crippen molar-refractivity contribution in [2.24, 2.45) is 0 Å². The van der Waals surface area contributed by atoms with E-state index in [-0.39, 0.29) is 24.5 Å². The quantitative estimate of drug-likeness (QED) is 0.134. The van der Waals surface area contributed by atoms with Crippen molar-refractivity contribution >= 4 is 131 Å². The van der Waals surface area contributed by atoms with Crippen LogP contribution in [0.4, 0.5) is 62.6 Å². The highest BCUT2D eigenvalue weighted by molar-refractivity contribution is 8.00. The fraction of sp³-hybridized carbons (Fsp3) is 0.0256. The van der Waals surface area contributed by atoms with Crippen LogP contribution >= 0.6 is 11.8 Å². The summed E-state index contributed by atoms with van der Waals surface area (Å²) in [5.74, 6) is 1.81. The van der Waals surface area contributed by atoms with E-state index in [1.165, 1.54) is 54.6 Å². The standard InChI is InChI=1S/C78H53B2N5OS/c1-7-26-52(27-8-1)81(53-28-9-2-10-29-53)58-46-70-76-73(48-58)86-72-45-24-21-41-63(72)80(76)64-50-65-74(51-69(64)85(70)68-44-25-39-61-60-38-19-22-42-66(60)84(78(61)68)57-36-17-6-18-37-57)87-75-49-59(82(54-30-11-3-12-31-54)55-32-13-4-14-33-55)47-71-77(75)79(65)62-40-20-23-43-67(62)83(71)56-34-15-5-16-35-56/h1-51,65,74H. The Morgan fingerprint density at radius 2 is 0.897 bits per heavy atom. The lowest BCUT2D eigenvalue weighted by atomic mass is 9.28. The van der Waals surface area contributed by atoms with Crippen LogP contribution in [0, 0.1) is 0 Å². The SMILES string of the molecule is C1=C2B3c4ccccc4Oc4cc(N(c5ccccc5)c5ccccc5)cc(c43)N(c3cccc4c5ccccc5n(-c5ccccc5)c34)C2=CC2Sc3cc(N(c4ccccc4)c4ccccc4)cc4c3B(c3ccccc3N4c3ccccc3)C12. The van der Waals surface area contributed by atoms with Crippen LogP contribution in [0.1, 0.15) is 0 Å². The van der Waals surface area contributed by atoms with Crippen molar-refractivity contribution in [2.45, 2.75) is 16.0 Å². The smallest absolute Gasteiger partial charge is 0.255 e. The number of allylic oxidation sites excluding steroid dienone is 2. The van der Waals surface area contributed by atoms with Crippen molar-refractivity contribution in [3.63, 3.8) is 0 Å². The summed E-state index contributed by atoms with van der Waals surface area (Å²) in [6, 6.07) is 109. The van der Waals surface area contributed by atoms with Crippen molar-refractivity contribution in [1.29, 1.82) is 0 Å². The molecule has 1 aromatic heterocycles. The molecule has 6 nitrogen and oxygen atoms in total. The van der Waals surface area contributed by atoms with Gasteiger partial charge in [-0.1, -0.05) is 182 Å². The van der Waals surface area contributed by atoms with Crippen LogP contribution in [0.3, 0.4) is 0 Å². The molecule has 5 aliphatic rings. The van der Waals surface area contributed by atoms with Gasteiger partial charge in [-0.15, -0.1) is 11.8 Å². The van der Waals surface area contributed by atoms with E-state index in [4.69, 9.17) is 4.74 Å². The summed E-state index contributed by atoms with van der Waals surface area (Å²) in [4.78, 5) is 11.2. The molecule has 1 aliphatic carbocycles. The van der Waals surface area contributed by atoms with Gasteiger partial charge < -0.3 is 28.9 Å². The molecule has 0 N–H and O–H groups in total. The van der Waals surface area contributed by atoms with E-state index in [0.29, 0.717) is 0 Å². The van der Waals surface area contributed by atoms with Gasteiger partial charge in [0.15, 0.2) is 0 Å². The van der Waals surface area contributed by atoms with E-state index in [1.54, 1.807) is 0 Å². The zero-order valence-electron chi connectivity index (χ0n) is 47.3. The van der Waals surface area contributed by atoms with Gasteiger partial charge in [0, 0.05) is 89.6 Å². The van der Waals surface area contributed by atoms with Gasteiger partial charge in [-0.25, -0.2) is 0 Å². The van der Waals surface area contributed by atoms with E-state index in [1.807, 2.05) is 11.8 Å². The molecule has 12 aromatic carbocycles. The van der Waals surface area contributed by atoms with Crippen molar-refractivity contribution in [1.82, 2.24) is 4.57 Å². The number of thioether (sulfide) groups is 1. The first kappa shape index (κ1) is 49.8.